The standard InChI is InChI=1S/C26H44N6O8/c1-15(2)7-19(27)25(37)39-13-31-21(33)9-29(10-22(31)34)17(5)18(6)30-11-23(35)32(24(36)12-30)14-40-26(38)20(28)8-16(3)4/h15-20H,7-14,27-28H2,1-6H3/t17-,18+,19-,20-/m0/s1. The monoisotopic (exact) mass is 568 g/mol. The Bertz CT molecular complexity index is 861. The van der Waals surface area contributed by atoms with E-state index in [4.69, 9.17) is 20.9 Å². The van der Waals surface area contributed by atoms with Crippen LogP contribution < -0.4 is 11.5 Å². The lowest BCUT2D eigenvalue weighted by atomic mass is 10.1. The summed E-state index contributed by atoms with van der Waals surface area (Å²) in [6.45, 7) is 9.80. The first-order chi connectivity index (χ1) is 18.6. The molecular weight excluding hydrogens is 524 g/mol. The highest BCUT2D eigenvalue weighted by molar-refractivity contribution is 6.00. The van der Waals surface area contributed by atoms with Gasteiger partial charge in [0.1, 0.15) is 12.1 Å². The molecule has 4 amide bonds. The van der Waals surface area contributed by atoms with Crippen molar-refractivity contribution in [3.8, 4) is 0 Å². The lowest BCUT2D eigenvalue weighted by molar-refractivity contribution is -0.169. The van der Waals surface area contributed by atoms with Gasteiger partial charge in [-0.1, -0.05) is 27.7 Å². The van der Waals surface area contributed by atoms with Gasteiger partial charge in [-0.25, -0.2) is 9.80 Å². The maximum absolute atomic E-state index is 12.7. The molecule has 226 valence electrons. The van der Waals surface area contributed by atoms with Crippen LogP contribution in [0.15, 0.2) is 0 Å². The molecule has 14 nitrogen and oxygen atoms in total. The van der Waals surface area contributed by atoms with Crippen LogP contribution in [-0.4, -0.2) is 119 Å². The van der Waals surface area contributed by atoms with E-state index in [1.165, 1.54) is 0 Å². The van der Waals surface area contributed by atoms with Crippen molar-refractivity contribution in [2.75, 3.05) is 39.6 Å². The molecule has 0 radical (unpaired) electrons. The summed E-state index contributed by atoms with van der Waals surface area (Å²) in [7, 11) is 0. The first kappa shape index (κ1) is 33.3. The Hall–Kier alpha value is -2.94. The SMILES string of the molecule is CC(C)C[C@H](N)C(=O)OCN1C(=O)CN([C@H](C)[C@H](C)N2CC(=O)N(COC(=O)[C@@H](N)CC(C)C)C(=O)C2)CC1=O. The molecule has 0 bridgehead atoms. The Labute approximate surface area is 235 Å². The van der Waals surface area contributed by atoms with E-state index in [1.807, 2.05) is 27.7 Å². The molecular formula is C26H44N6O8. The molecule has 0 aliphatic carbocycles. The van der Waals surface area contributed by atoms with Crippen LogP contribution in [0, 0.1) is 11.8 Å². The van der Waals surface area contributed by atoms with Gasteiger partial charge in [0.05, 0.1) is 26.2 Å². The number of nitrogens with two attached hydrogens (primary N) is 2. The lowest BCUT2D eigenvalue weighted by Gasteiger charge is -2.43. The van der Waals surface area contributed by atoms with Crippen LogP contribution in [0.5, 0.6) is 0 Å². The zero-order chi connectivity index (χ0) is 30.3. The van der Waals surface area contributed by atoms with Crippen molar-refractivity contribution < 1.29 is 38.2 Å². The molecule has 2 rings (SSSR count). The minimum atomic E-state index is -0.840. The van der Waals surface area contributed by atoms with Crippen LogP contribution in [0.1, 0.15) is 54.4 Å². The summed E-state index contributed by atoms with van der Waals surface area (Å²) in [5, 5.41) is 0. The highest BCUT2D eigenvalue weighted by atomic mass is 16.6. The average Bonchev–Trinajstić information content (AvgIpc) is 2.85. The first-order valence-corrected chi connectivity index (χ1v) is 13.6. The molecule has 4 N–H and O–H groups in total. The van der Waals surface area contributed by atoms with Gasteiger partial charge < -0.3 is 20.9 Å². The summed E-state index contributed by atoms with van der Waals surface area (Å²) in [4.78, 5) is 80.1. The van der Waals surface area contributed by atoms with Crippen LogP contribution in [0.3, 0.4) is 0 Å². The number of amides is 4. The molecule has 2 fully saturated rings. The van der Waals surface area contributed by atoms with Crippen molar-refractivity contribution in [1.29, 1.82) is 0 Å². The second kappa shape index (κ2) is 14.6. The Morgan fingerprint density at radius 1 is 0.625 bits per heavy atom. The molecule has 4 atom stereocenters. The highest BCUT2D eigenvalue weighted by Crippen LogP contribution is 2.18. The third kappa shape index (κ3) is 9.04. The Balaban J connectivity index is 1.89. The molecule has 0 aromatic rings. The Kier molecular flexibility index (Phi) is 12.2. The van der Waals surface area contributed by atoms with E-state index in [9.17, 15) is 28.8 Å². The summed E-state index contributed by atoms with van der Waals surface area (Å²) in [5.41, 5.74) is 11.6. The van der Waals surface area contributed by atoms with E-state index in [1.54, 1.807) is 23.6 Å². The number of rotatable bonds is 13. The number of hydrogen-bond donors (Lipinski definition) is 2. The third-order valence-electron chi connectivity index (χ3n) is 7.14. The number of ether oxygens (including phenoxy) is 2. The quantitative estimate of drug-likeness (QED) is 0.201. The molecule has 14 heteroatoms. The van der Waals surface area contributed by atoms with Gasteiger partial charge >= 0.3 is 11.9 Å². The molecule has 2 heterocycles. The van der Waals surface area contributed by atoms with E-state index in [0.29, 0.717) is 12.8 Å². The molecule has 2 saturated heterocycles. The summed E-state index contributed by atoms with van der Waals surface area (Å²) in [5.74, 6) is -3.12. The van der Waals surface area contributed by atoms with Gasteiger partial charge in [-0.3, -0.25) is 38.6 Å². The minimum Gasteiger partial charge on any atom is -0.443 e. The number of esters is 2. The zero-order valence-corrected chi connectivity index (χ0v) is 24.3. The van der Waals surface area contributed by atoms with Crippen LogP contribution in [0.4, 0.5) is 0 Å². The average molecular weight is 569 g/mol. The summed E-state index contributed by atoms with van der Waals surface area (Å²) in [6.07, 6.45) is 0.835. The fraction of sp³-hybridized carbons (Fsp3) is 0.769. The molecule has 0 saturated carbocycles. The summed E-state index contributed by atoms with van der Waals surface area (Å²) >= 11 is 0. The number of carbonyl (C=O) groups is 6. The van der Waals surface area contributed by atoms with Gasteiger partial charge in [0.2, 0.25) is 23.6 Å². The van der Waals surface area contributed by atoms with Gasteiger partial charge in [0.25, 0.3) is 0 Å². The van der Waals surface area contributed by atoms with Gasteiger partial charge in [-0.2, -0.15) is 0 Å². The van der Waals surface area contributed by atoms with E-state index in [-0.39, 0.29) is 50.1 Å². The van der Waals surface area contributed by atoms with Crippen molar-refractivity contribution >= 4 is 35.6 Å². The fourth-order valence-electron chi connectivity index (χ4n) is 4.58. The molecule has 0 aromatic heterocycles. The number of nitrogens with zero attached hydrogens (tertiary/aromatic N) is 4. The number of hydrogen-bond acceptors (Lipinski definition) is 12. The Morgan fingerprint density at radius 2 is 0.900 bits per heavy atom. The fourth-order valence-corrected chi connectivity index (χ4v) is 4.58. The van der Waals surface area contributed by atoms with Crippen LogP contribution in [0.2, 0.25) is 0 Å². The molecule has 0 spiro atoms. The number of piperazine rings is 2. The number of carbonyl (C=O) groups excluding carboxylic acids is 6. The molecule has 40 heavy (non-hydrogen) atoms. The molecule has 2 aliphatic rings. The van der Waals surface area contributed by atoms with Crippen LogP contribution >= 0.6 is 0 Å². The van der Waals surface area contributed by atoms with Crippen molar-refractivity contribution in [2.24, 2.45) is 23.3 Å². The second-order valence-corrected chi connectivity index (χ2v) is 11.4. The predicted molar refractivity (Wildman–Crippen MR) is 143 cm³/mol. The van der Waals surface area contributed by atoms with Crippen molar-refractivity contribution in [2.45, 2.75) is 78.6 Å². The van der Waals surface area contributed by atoms with Crippen molar-refractivity contribution in [1.82, 2.24) is 19.6 Å². The summed E-state index contributed by atoms with van der Waals surface area (Å²) < 4.78 is 10.2. The van der Waals surface area contributed by atoms with Crippen molar-refractivity contribution in [3.63, 3.8) is 0 Å². The lowest BCUT2D eigenvalue weighted by Crippen LogP contribution is -2.63. The van der Waals surface area contributed by atoms with Gasteiger partial charge in [-0.05, 0) is 38.5 Å². The van der Waals surface area contributed by atoms with Gasteiger partial charge in [0, 0.05) is 12.1 Å². The predicted octanol–water partition coefficient (Wildman–Crippen LogP) is -1.15. The van der Waals surface area contributed by atoms with Crippen LogP contribution in [-0.2, 0) is 38.2 Å². The highest BCUT2D eigenvalue weighted by Gasteiger charge is 2.40. The Morgan fingerprint density at radius 3 is 1.15 bits per heavy atom. The third-order valence-corrected chi connectivity index (χ3v) is 7.14. The van der Waals surface area contributed by atoms with E-state index in [0.717, 1.165) is 9.80 Å². The van der Waals surface area contributed by atoms with E-state index >= 15 is 0 Å². The molecule has 2 aliphatic heterocycles. The maximum atomic E-state index is 12.7. The molecule has 0 unspecified atom stereocenters. The largest absolute Gasteiger partial charge is 0.443 e. The first-order valence-electron chi connectivity index (χ1n) is 13.6. The molecule has 0 aromatic carbocycles. The van der Waals surface area contributed by atoms with Gasteiger partial charge in [0.15, 0.2) is 13.5 Å². The smallest absolute Gasteiger partial charge is 0.324 e. The van der Waals surface area contributed by atoms with Crippen molar-refractivity contribution in [3.05, 3.63) is 0 Å². The normalized spacial score (nSPS) is 20.6. The number of imide groups is 2. The van der Waals surface area contributed by atoms with Gasteiger partial charge in [-0.15, -0.1) is 0 Å². The zero-order valence-electron chi connectivity index (χ0n) is 24.3. The topological polar surface area (TPSA) is 186 Å². The van der Waals surface area contributed by atoms with Crippen LogP contribution in [0.25, 0.3) is 0 Å². The maximum Gasteiger partial charge on any atom is 0.324 e. The van der Waals surface area contributed by atoms with E-state index < -0.39 is 61.1 Å². The summed E-state index contributed by atoms with van der Waals surface area (Å²) in [6, 6.07) is -2.44. The van der Waals surface area contributed by atoms with E-state index in [2.05, 4.69) is 0 Å². The second-order valence-electron chi connectivity index (χ2n) is 11.4. The minimum absolute atomic E-state index is 0.110.